The van der Waals surface area contributed by atoms with Gasteiger partial charge in [-0.3, -0.25) is 19.2 Å². The molecule has 0 radical (unpaired) electrons. The van der Waals surface area contributed by atoms with Crippen molar-refractivity contribution in [3.05, 3.63) is 12.2 Å². The lowest BCUT2D eigenvalue weighted by Crippen LogP contribution is -2.35. The topological polar surface area (TPSA) is 71.5 Å². The van der Waals surface area contributed by atoms with E-state index in [1.807, 2.05) is 0 Å². The standard InChI is InChI=1S/C14H19NO4/c1-10(2)11(16)6-4-3-5-7-12(17)15-13(18)8-9-14(15)19/h1,3-9H2,2H3. The van der Waals surface area contributed by atoms with Gasteiger partial charge in [0.05, 0.1) is 0 Å². The van der Waals surface area contributed by atoms with Gasteiger partial charge in [-0.15, -0.1) is 0 Å². The number of imide groups is 3. The Kier molecular flexibility index (Phi) is 5.60. The highest BCUT2D eigenvalue weighted by Gasteiger charge is 2.33. The second-order valence-electron chi connectivity index (χ2n) is 4.78. The first-order chi connectivity index (χ1) is 8.93. The van der Waals surface area contributed by atoms with Crippen LogP contribution in [-0.2, 0) is 19.2 Å². The van der Waals surface area contributed by atoms with Crippen LogP contribution in [0.5, 0.6) is 0 Å². The minimum atomic E-state index is -0.418. The van der Waals surface area contributed by atoms with Crippen LogP contribution in [0.4, 0.5) is 0 Å². The van der Waals surface area contributed by atoms with Gasteiger partial charge in [0.15, 0.2) is 5.78 Å². The second kappa shape index (κ2) is 6.97. The molecule has 1 rings (SSSR count). The number of carbonyl (C=O) groups excluding carboxylic acids is 4. The highest BCUT2D eigenvalue weighted by atomic mass is 16.2. The molecule has 0 aromatic rings. The van der Waals surface area contributed by atoms with Gasteiger partial charge in [-0.1, -0.05) is 13.0 Å². The van der Waals surface area contributed by atoms with Gasteiger partial charge in [-0.05, 0) is 25.3 Å². The highest BCUT2D eigenvalue weighted by molar-refractivity contribution is 6.14. The Morgan fingerprint density at radius 3 is 2.11 bits per heavy atom. The fourth-order valence-electron chi connectivity index (χ4n) is 1.92. The van der Waals surface area contributed by atoms with E-state index in [4.69, 9.17) is 0 Å². The van der Waals surface area contributed by atoms with Gasteiger partial charge in [-0.2, -0.15) is 0 Å². The minimum Gasteiger partial charge on any atom is -0.295 e. The van der Waals surface area contributed by atoms with E-state index in [9.17, 15) is 19.2 Å². The zero-order valence-electron chi connectivity index (χ0n) is 11.2. The summed E-state index contributed by atoms with van der Waals surface area (Å²) in [7, 11) is 0. The third-order valence-electron chi connectivity index (χ3n) is 3.07. The average Bonchev–Trinajstić information content (AvgIpc) is 2.68. The lowest BCUT2D eigenvalue weighted by molar-refractivity contribution is -0.149. The Bertz CT molecular complexity index is 409. The molecule has 0 aliphatic carbocycles. The van der Waals surface area contributed by atoms with E-state index in [1.165, 1.54) is 0 Å². The number of hydrogen-bond donors (Lipinski definition) is 0. The summed E-state index contributed by atoms with van der Waals surface area (Å²) in [5, 5.41) is 0. The Labute approximate surface area is 112 Å². The zero-order chi connectivity index (χ0) is 14.4. The smallest absolute Gasteiger partial charge is 0.236 e. The molecule has 1 saturated heterocycles. The molecule has 0 unspecified atom stereocenters. The first-order valence-corrected chi connectivity index (χ1v) is 6.51. The van der Waals surface area contributed by atoms with E-state index in [1.54, 1.807) is 6.92 Å². The van der Waals surface area contributed by atoms with Crippen LogP contribution < -0.4 is 0 Å². The van der Waals surface area contributed by atoms with Gasteiger partial charge >= 0.3 is 0 Å². The number of rotatable bonds is 7. The Hall–Kier alpha value is -1.78. The quantitative estimate of drug-likeness (QED) is 0.399. The first kappa shape index (κ1) is 15.3. The first-order valence-electron chi connectivity index (χ1n) is 6.51. The number of Topliss-reactive ketones (excluding diaryl/α,β-unsaturated/α-hetero) is 1. The third kappa shape index (κ3) is 4.43. The van der Waals surface area contributed by atoms with Gasteiger partial charge in [0.1, 0.15) is 0 Å². The molecule has 1 fully saturated rings. The number of carbonyl (C=O) groups is 4. The van der Waals surface area contributed by atoms with Gasteiger partial charge < -0.3 is 0 Å². The molecule has 1 heterocycles. The van der Waals surface area contributed by atoms with Crippen LogP contribution in [-0.4, -0.2) is 28.4 Å². The fourth-order valence-corrected chi connectivity index (χ4v) is 1.92. The van der Waals surface area contributed by atoms with Crippen LogP contribution in [0.3, 0.4) is 0 Å². The van der Waals surface area contributed by atoms with Gasteiger partial charge in [0, 0.05) is 25.7 Å². The maximum Gasteiger partial charge on any atom is 0.236 e. The molecule has 0 aromatic heterocycles. The van der Waals surface area contributed by atoms with Gasteiger partial charge in [-0.25, -0.2) is 4.90 Å². The Morgan fingerprint density at radius 1 is 1.05 bits per heavy atom. The van der Waals surface area contributed by atoms with Crippen molar-refractivity contribution in [2.75, 3.05) is 0 Å². The molecule has 3 amide bonds. The summed E-state index contributed by atoms with van der Waals surface area (Å²) in [6.45, 7) is 5.24. The summed E-state index contributed by atoms with van der Waals surface area (Å²) in [6, 6.07) is 0. The van der Waals surface area contributed by atoms with Crippen molar-refractivity contribution in [2.24, 2.45) is 0 Å². The molecule has 0 N–H and O–H groups in total. The van der Waals surface area contributed by atoms with E-state index in [-0.39, 0.29) is 25.0 Å². The molecule has 0 aromatic carbocycles. The van der Waals surface area contributed by atoms with Crippen molar-refractivity contribution in [3.63, 3.8) is 0 Å². The molecule has 0 spiro atoms. The van der Waals surface area contributed by atoms with Crippen LogP contribution in [0.25, 0.3) is 0 Å². The zero-order valence-corrected chi connectivity index (χ0v) is 11.2. The lowest BCUT2D eigenvalue weighted by Gasteiger charge is -2.11. The van der Waals surface area contributed by atoms with E-state index in [0.717, 1.165) is 11.3 Å². The van der Waals surface area contributed by atoms with Crippen LogP contribution >= 0.6 is 0 Å². The molecular weight excluding hydrogens is 246 g/mol. The maximum absolute atomic E-state index is 11.7. The summed E-state index contributed by atoms with van der Waals surface area (Å²) in [5.41, 5.74) is 0.546. The number of allylic oxidation sites excluding steroid dienone is 1. The predicted octanol–water partition coefficient (Wildman–Crippen LogP) is 1.76. The highest BCUT2D eigenvalue weighted by Crippen LogP contribution is 2.15. The number of nitrogens with zero attached hydrogens (tertiary/aromatic N) is 1. The van der Waals surface area contributed by atoms with E-state index >= 15 is 0 Å². The molecular formula is C14H19NO4. The SMILES string of the molecule is C=C(C)C(=O)CCCCCC(=O)N1C(=O)CCC1=O. The summed E-state index contributed by atoms with van der Waals surface area (Å²) in [5.74, 6) is -1.17. The number of likely N-dealkylation sites (tertiary alicyclic amines) is 1. The average molecular weight is 265 g/mol. The number of amides is 3. The normalized spacial score (nSPS) is 14.9. The molecule has 5 nitrogen and oxygen atoms in total. The van der Waals surface area contributed by atoms with E-state index in [0.29, 0.717) is 24.8 Å². The summed E-state index contributed by atoms with van der Waals surface area (Å²) in [6.07, 6.45) is 2.89. The van der Waals surface area contributed by atoms with Gasteiger partial charge in [0.2, 0.25) is 17.7 Å². The largest absolute Gasteiger partial charge is 0.295 e. The second-order valence-corrected chi connectivity index (χ2v) is 4.78. The van der Waals surface area contributed by atoms with Crippen molar-refractivity contribution in [3.8, 4) is 0 Å². The molecule has 1 aliphatic rings. The molecule has 0 atom stereocenters. The monoisotopic (exact) mass is 265 g/mol. The molecule has 0 saturated carbocycles. The molecule has 104 valence electrons. The number of ketones is 1. The van der Waals surface area contributed by atoms with Gasteiger partial charge in [0.25, 0.3) is 0 Å². The molecule has 1 aliphatic heterocycles. The summed E-state index contributed by atoms with van der Waals surface area (Å²) >= 11 is 0. The van der Waals surface area contributed by atoms with Crippen molar-refractivity contribution in [1.82, 2.24) is 4.90 Å². The van der Waals surface area contributed by atoms with Crippen molar-refractivity contribution in [1.29, 1.82) is 0 Å². The summed E-state index contributed by atoms with van der Waals surface area (Å²) in [4.78, 5) is 46.3. The number of hydrogen-bond acceptors (Lipinski definition) is 4. The van der Waals surface area contributed by atoms with Crippen LogP contribution in [0.1, 0.15) is 51.9 Å². The minimum absolute atomic E-state index is 0.0382. The Morgan fingerprint density at radius 2 is 1.58 bits per heavy atom. The van der Waals surface area contributed by atoms with Crippen LogP contribution in [0.15, 0.2) is 12.2 Å². The fraction of sp³-hybridized carbons (Fsp3) is 0.571. The number of unbranched alkanes of at least 4 members (excludes halogenated alkanes) is 2. The van der Waals surface area contributed by atoms with E-state index in [2.05, 4.69) is 6.58 Å². The molecule has 5 heteroatoms. The van der Waals surface area contributed by atoms with E-state index < -0.39 is 17.7 Å². The van der Waals surface area contributed by atoms with Crippen molar-refractivity contribution >= 4 is 23.5 Å². The van der Waals surface area contributed by atoms with Crippen LogP contribution in [0.2, 0.25) is 0 Å². The lowest BCUT2D eigenvalue weighted by atomic mass is 10.1. The maximum atomic E-state index is 11.7. The summed E-state index contributed by atoms with van der Waals surface area (Å²) < 4.78 is 0. The van der Waals surface area contributed by atoms with Crippen LogP contribution in [0, 0.1) is 0 Å². The molecule has 19 heavy (non-hydrogen) atoms. The third-order valence-corrected chi connectivity index (χ3v) is 3.07. The predicted molar refractivity (Wildman–Crippen MR) is 69.0 cm³/mol. The van der Waals surface area contributed by atoms with Crippen molar-refractivity contribution < 1.29 is 19.2 Å². The van der Waals surface area contributed by atoms with Crippen molar-refractivity contribution in [2.45, 2.75) is 51.9 Å². The molecule has 0 bridgehead atoms. The Balaban J connectivity index is 2.21.